The molecule has 2 aromatic rings. The first-order valence-electron chi connectivity index (χ1n) is 9.75. The van der Waals surface area contributed by atoms with Crippen molar-refractivity contribution < 1.29 is 14.3 Å². The number of aromatic nitrogens is 2. The number of H-pyrrole nitrogens is 1. The fourth-order valence-electron chi connectivity index (χ4n) is 2.92. The van der Waals surface area contributed by atoms with Crippen molar-refractivity contribution in [3.05, 3.63) is 49.1 Å². The minimum Gasteiger partial charge on any atom is -0.479 e. The molecule has 1 aromatic carbocycles. The average Bonchev–Trinajstić information content (AvgIpc) is 2.71. The predicted octanol–water partition coefficient (Wildman–Crippen LogP) is 2.67. The molecule has 1 unspecified atom stereocenters. The summed E-state index contributed by atoms with van der Waals surface area (Å²) in [5.41, 5.74) is 4.64. The van der Waals surface area contributed by atoms with Gasteiger partial charge in [0.25, 0.3) is 11.5 Å². The average molecular weight is 473 g/mol. The number of amides is 1. The smallest absolute Gasteiger partial charge is 0.330 e. The van der Waals surface area contributed by atoms with E-state index in [-0.39, 0.29) is 35.4 Å². The summed E-state index contributed by atoms with van der Waals surface area (Å²) in [6.07, 6.45) is 0.473. The third kappa shape index (κ3) is 6.03. The molecule has 0 fully saturated rings. The fraction of sp³-hybridized carbons (Fsp3) is 0.450. The molecular weight excluding hydrogens is 447 g/mol. The first-order valence-corrected chi connectivity index (χ1v) is 10.5. The highest BCUT2D eigenvalue weighted by Crippen LogP contribution is 2.29. The zero-order valence-electron chi connectivity index (χ0n) is 17.6. The van der Waals surface area contributed by atoms with E-state index < -0.39 is 23.3 Å². The van der Waals surface area contributed by atoms with Gasteiger partial charge in [0.1, 0.15) is 11.6 Å². The predicted molar refractivity (Wildman–Crippen MR) is 121 cm³/mol. The van der Waals surface area contributed by atoms with Crippen LogP contribution < -0.4 is 26.6 Å². The summed E-state index contributed by atoms with van der Waals surface area (Å²) in [6.45, 7) is 3.95. The van der Waals surface area contributed by atoms with E-state index in [1.807, 2.05) is 6.92 Å². The minimum atomic E-state index is -1.02. The monoisotopic (exact) mass is 472 g/mol. The number of methoxy groups -OCH3 is 1. The lowest BCUT2D eigenvalue weighted by Crippen LogP contribution is -2.47. The number of halogens is 2. The van der Waals surface area contributed by atoms with Gasteiger partial charge in [0.15, 0.2) is 11.8 Å². The molecule has 1 atom stereocenters. The molecule has 1 aromatic heterocycles. The van der Waals surface area contributed by atoms with Crippen molar-refractivity contribution in [2.45, 2.75) is 39.3 Å². The Balaban J connectivity index is 2.43. The molecule has 1 heterocycles. The zero-order chi connectivity index (χ0) is 23.1. The van der Waals surface area contributed by atoms with Gasteiger partial charge in [-0.3, -0.25) is 24.0 Å². The SMILES string of the molecule is CCCCn1c(N)c(N(CCOC)C(=O)C(C)Oc2ccc(Cl)cc2Cl)c(=O)[nH]c1=O. The van der Waals surface area contributed by atoms with Gasteiger partial charge in [-0.2, -0.15) is 0 Å². The van der Waals surface area contributed by atoms with Crippen molar-refractivity contribution in [2.24, 2.45) is 0 Å². The summed E-state index contributed by atoms with van der Waals surface area (Å²) in [5, 5.41) is 0.660. The van der Waals surface area contributed by atoms with Crippen LogP contribution in [0.4, 0.5) is 11.5 Å². The molecular formula is C20H26Cl2N4O5. The van der Waals surface area contributed by atoms with Crippen molar-refractivity contribution >= 4 is 40.6 Å². The molecule has 1 amide bonds. The van der Waals surface area contributed by atoms with Crippen LogP contribution in [0, 0.1) is 0 Å². The minimum absolute atomic E-state index is 0.0244. The number of ether oxygens (including phenoxy) is 2. The summed E-state index contributed by atoms with van der Waals surface area (Å²) >= 11 is 12.0. The maximum Gasteiger partial charge on any atom is 0.330 e. The van der Waals surface area contributed by atoms with E-state index in [0.717, 1.165) is 11.3 Å². The number of hydrogen-bond acceptors (Lipinski definition) is 6. The lowest BCUT2D eigenvalue weighted by Gasteiger charge is -2.27. The highest BCUT2D eigenvalue weighted by atomic mass is 35.5. The van der Waals surface area contributed by atoms with E-state index in [2.05, 4.69) is 4.98 Å². The van der Waals surface area contributed by atoms with E-state index in [0.29, 0.717) is 18.0 Å². The number of carbonyl (C=O) groups is 1. The first-order chi connectivity index (χ1) is 14.7. The van der Waals surface area contributed by atoms with Crippen molar-refractivity contribution in [1.29, 1.82) is 0 Å². The number of rotatable bonds is 10. The number of anilines is 2. The van der Waals surface area contributed by atoms with Crippen LogP contribution in [0.25, 0.3) is 0 Å². The molecule has 11 heteroatoms. The van der Waals surface area contributed by atoms with Gasteiger partial charge in [-0.1, -0.05) is 36.5 Å². The van der Waals surface area contributed by atoms with Crippen LogP contribution >= 0.6 is 23.2 Å². The Bertz CT molecular complexity index is 1040. The lowest BCUT2D eigenvalue weighted by molar-refractivity contribution is -0.124. The summed E-state index contributed by atoms with van der Waals surface area (Å²) in [4.78, 5) is 41.4. The van der Waals surface area contributed by atoms with Crippen molar-refractivity contribution in [1.82, 2.24) is 9.55 Å². The Morgan fingerprint density at radius 3 is 2.65 bits per heavy atom. The van der Waals surface area contributed by atoms with Crippen molar-refractivity contribution in [2.75, 3.05) is 30.9 Å². The number of aromatic amines is 1. The second kappa shape index (κ2) is 11.2. The fourth-order valence-corrected chi connectivity index (χ4v) is 3.38. The van der Waals surface area contributed by atoms with Crippen LogP contribution in [0.15, 0.2) is 27.8 Å². The molecule has 0 bridgehead atoms. The van der Waals surface area contributed by atoms with Gasteiger partial charge >= 0.3 is 5.69 Å². The number of benzene rings is 1. The van der Waals surface area contributed by atoms with Gasteiger partial charge in [0.2, 0.25) is 0 Å². The second-order valence-electron chi connectivity index (χ2n) is 6.82. The van der Waals surface area contributed by atoms with Crippen LogP contribution in [-0.4, -0.2) is 41.8 Å². The number of carbonyl (C=O) groups excluding carboxylic acids is 1. The number of nitrogens with two attached hydrogens (primary N) is 1. The molecule has 0 aliphatic rings. The summed E-state index contributed by atoms with van der Waals surface area (Å²) in [5.74, 6) is -0.391. The number of unbranched alkanes of at least 4 members (excludes halogenated alkanes) is 1. The summed E-state index contributed by atoms with van der Waals surface area (Å²) < 4.78 is 12.0. The van der Waals surface area contributed by atoms with E-state index in [1.54, 1.807) is 12.1 Å². The molecule has 0 aliphatic carbocycles. The van der Waals surface area contributed by atoms with Crippen molar-refractivity contribution in [3.63, 3.8) is 0 Å². The van der Waals surface area contributed by atoms with Crippen molar-refractivity contribution in [3.8, 4) is 5.75 Å². The van der Waals surface area contributed by atoms with Gasteiger partial charge < -0.3 is 15.2 Å². The van der Waals surface area contributed by atoms with Crippen LogP contribution in [0.1, 0.15) is 26.7 Å². The Morgan fingerprint density at radius 1 is 1.32 bits per heavy atom. The molecule has 170 valence electrons. The molecule has 0 saturated heterocycles. The third-order valence-electron chi connectivity index (χ3n) is 4.55. The van der Waals surface area contributed by atoms with E-state index in [1.165, 1.54) is 24.7 Å². The number of hydrogen-bond donors (Lipinski definition) is 2. The molecule has 0 aliphatic heterocycles. The number of nitrogens with zero attached hydrogens (tertiary/aromatic N) is 2. The molecule has 31 heavy (non-hydrogen) atoms. The van der Waals surface area contributed by atoms with Gasteiger partial charge in [-0.15, -0.1) is 0 Å². The standard InChI is InChI=1S/C20H26Cl2N4O5/c1-4-5-8-26-17(23)16(18(27)24-20(26)29)25(9-10-30-3)19(28)12(2)31-15-7-6-13(21)11-14(15)22/h6-7,11-12H,4-5,8-10,23H2,1-3H3,(H,24,27,29). The summed E-state index contributed by atoms with van der Waals surface area (Å²) in [6, 6.07) is 4.61. The zero-order valence-corrected chi connectivity index (χ0v) is 19.1. The van der Waals surface area contributed by atoms with E-state index >= 15 is 0 Å². The van der Waals surface area contributed by atoms with Gasteiger partial charge in [-0.05, 0) is 31.5 Å². The Hall–Kier alpha value is -2.49. The largest absolute Gasteiger partial charge is 0.479 e. The van der Waals surface area contributed by atoms with Crippen LogP contribution in [-0.2, 0) is 16.1 Å². The molecule has 9 nitrogen and oxygen atoms in total. The maximum atomic E-state index is 13.2. The number of nitrogens with one attached hydrogen (secondary N) is 1. The second-order valence-corrected chi connectivity index (χ2v) is 7.66. The third-order valence-corrected chi connectivity index (χ3v) is 5.08. The lowest BCUT2D eigenvalue weighted by atomic mass is 10.2. The Morgan fingerprint density at radius 2 is 2.03 bits per heavy atom. The Kier molecular flexibility index (Phi) is 8.97. The van der Waals surface area contributed by atoms with Gasteiger partial charge in [-0.25, -0.2) is 4.79 Å². The van der Waals surface area contributed by atoms with Crippen LogP contribution in [0.5, 0.6) is 5.75 Å². The van der Waals surface area contributed by atoms with E-state index in [9.17, 15) is 14.4 Å². The molecule has 0 saturated carbocycles. The van der Waals surface area contributed by atoms with Gasteiger partial charge in [0, 0.05) is 25.2 Å². The highest BCUT2D eigenvalue weighted by molar-refractivity contribution is 6.35. The van der Waals surface area contributed by atoms with E-state index in [4.69, 9.17) is 38.4 Å². The summed E-state index contributed by atoms with van der Waals surface area (Å²) in [7, 11) is 1.46. The molecule has 0 radical (unpaired) electrons. The first kappa shape index (κ1) is 24.8. The maximum absolute atomic E-state index is 13.2. The topological polar surface area (TPSA) is 120 Å². The van der Waals surface area contributed by atoms with Crippen LogP contribution in [0.2, 0.25) is 10.0 Å². The Labute approximate surface area is 189 Å². The van der Waals surface area contributed by atoms with Crippen LogP contribution in [0.3, 0.4) is 0 Å². The molecule has 0 spiro atoms. The quantitative estimate of drug-likeness (QED) is 0.548. The normalized spacial score (nSPS) is 11.9. The number of nitrogen functional groups attached to an aromatic ring is 1. The van der Waals surface area contributed by atoms with Gasteiger partial charge in [0.05, 0.1) is 11.6 Å². The molecule has 2 rings (SSSR count). The molecule has 3 N–H and O–H groups in total. The highest BCUT2D eigenvalue weighted by Gasteiger charge is 2.29.